The van der Waals surface area contributed by atoms with E-state index < -0.39 is 0 Å². The van der Waals surface area contributed by atoms with Crippen LogP contribution < -0.4 is 0 Å². The summed E-state index contributed by atoms with van der Waals surface area (Å²) in [6.07, 6.45) is 0. The molecule has 0 radical (unpaired) electrons. The third kappa shape index (κ3) is 8.47. The van der Waals surface area contributed by atoms with Gasteiger partial charge in [-0.25, -0.2) is 0 Å². The number of hydrogen-bond acceptors (Lipinski definition) is 2. The van der Waals surface area contributed by atoms with Gasteiger partial charge in [-0.3, -0.25) is 0 Å². The molecule has 0 fully saturated rings. The molecular formula is C96H58N4O2. The molecule has 6 heterocycles. The number of benzene rings is 16. The highest BCUT2D eigenvalue weighted by molar-refractivity contribution is 6.19. The molecule has 0 aliphatic rings. The van der Waals surface area contributed by atoms with Crippen LogP contribution in [0.5, 0.6) is 0 Å². The van der Waals surface area contributed by atoms with Crippen LogP contribution in [0.2, 0.25) is 0 Å². The zero-order valence-electron chi connectivity index (χ0n) is 55.1. The van der Waals surface area contributed by atoms with Crippen LogP contribution >= 0.6 is 0 Å². The van der Waals surface area contributed by atoms with Crippen molar-refractivity contribution in [1.82, 2.24) is 18.3 Å². The normalized spacial score (nSPS) is 12.1. The van der Waals surface area contributed by atoms with Crippen molar-refractivity contribution in [1.29, 1.82) is 0 Å². The number of aromatic nitrogens is 4. The predicted octanol–water partition coefficient (Wildman–Crippen LogP) is 26.2. The molecule has 6 aromatic heterocycles. The van der Waals surface area contributed by atoms with E-state index in [9.17, 15) is 0 Å². The highest BCUT2D eigenvalue weighted by atomic mass is 16.3. The third-order valence-corrected chi connectivity index (χ3v) is 21.6. The molecule has 6 nitrogen and oxygen atoms in total. The van der Waals surface area contributed by atoms with Gasteiger partial charge in [0.15, 0.2) is 0 Å². The molecule has 0 spiro atoms. The molecule has 0 aliphatic heterocycles. The van der Waals surface area contributed by atoms with E-state index in [-0.39, 0.29) is 0 Å². The Labute approximate surface area is 584 Å². The molecule has 16 aromatic carbocycles. The minimum Gasteiger partial charge on any atom is -0.456 e. The minimum absolute atomic E-state index is 0.856. The van der Waals surface area contributed by atoms with Crippen molar-refractivity contribution < 1.29 is 8.83 Å². The largest absolute Gasteiger partial charge is 0.456 e. The molecule has 22 rings (SSSR count). The fraction of sp³-hybridized carbons (Fsp3) is 0. The van der Waals surface area contributed by atoms with Gasteiger partial charge in [0, 0.05) is 92.9 Å². The lowest BCUT2D eigenvalue weighted by Gasteiger charge is -2.12. The average molecular weight is 1300 g/mol. The molecule has 0 unspecified atom stereocenters. The zero-order chi connectivity index (χ0) is 66.7. The summed E-state index contributed by atoms with van der Waals surface area (Å²) in [5.74, 6) is 0. The Balaban J connectivity index is 0.661. The fourth-order valence-corrected chi connectivity index (χ4v) is 16.9. The van der Waals surface area contributed by atoms with Gasteiger partial charge in [-0.2, -0.15) is 0 Å². The van der Waals surface area contributed by atoms with Crippen LogP contribution in [0.25, 0.3) is 209 Å². The van der Waals surface area contributed by atoms with Crippen molar-refractivity contribution in [3.63, 3.8) is 0 Å². The molecule has 0 N–H and O–H groups in total. The third-order valence-electron chi connectivity index (χ3n) is 21.6. The molecule has 0 aliphatic carbocycles. The van der Waals surface area contributed by atoms with Crippen LogP contribution in [0.1, 0.15) is 0 Å². The zero-order valence-corrected chi connectivity index (χ0v) is 55.1. The second-order valence-corrected chi connectivity index (χ2v) is 27.1. The summed E-state index contributed by atoms with van der Waals surface area (Å²) in [5.41, 5.74) is 28.5. The maximum atomic E-state index is 7.06. The van der Waals surface area contributed by atoms with Gasteiger partial charge in [0.1, 0.15) is 22.3 Å². The number of hydrogen-bond donors (Lipinski definition) is 0. The molecule has 0 saturated heterocycles. The monoisotopic (exact) mass is 1300 g/mol. The summed E-state index contributed by atoms with van der Waals surface area (Å²) in [7, 11) is 0. The summed E-state index contributed by atoms with van der Waals surface area (Å²) >= 11 is 0. The van der Waals surface area contributed by atoms with E-state index in [2.05, 4.69) is 358 Å². The van der Waals surface area contributed by atoms with Crippen LogP contribution in [0.4, 0.5) is 0 Å². The predicted molar refractivity (Wildman–Crippen MR) is 426 cm³/mol. The van der Waals surface area contributed by atoms with Crippen LogP contribution in [0.15, 0.2) is 361 Å². The van der Waals surface area contributed by atoms with Crippen LogP contribution in [0, 0.1) is 0 Å². The van der Waals surface area contributed by atoms with Gasteiger partial charge in [0.2, 0.25) is 0 Å². The average Bonchev–Trinajstić information content (AvgIpc) is 1.59. The summed E-state index contributed by atoms with van der Waals surface area (Å²) in [6.45, 7) is 0. The van der Waals surface area contributed by atoms with E-state index in [0.29, 0.717) is 0 Å². The quantitative estimate of drug-likeness (QED) is 0.145. The lowest BCUT2D eigenvalue weighted by Crippen LogP contribution is -1.94. The Kier molecular flexibility index (Phi) is 12.1. The van der Waals surface area contributed by atoms with E-state index in [1.165, 1.54) is 76.3 Å². The maximum absolute atomic E-state index is 7.06. The van der Waals surface area contributed by atoms with Crippen LogP contribution in [-0.4, -0.2) is 18.3 Å². The number of rotatable bonds is 9. The van der Waals surface area contributed by atoms with Gasteiger partial charge < -0.3 is 27.1 Å². The van der Waals surface area contributed by atoms with E-state index in [1.807, 2.05) is 12.1 Å². The maximum Gasteiger partial charge on any atom is 0.143 e. The minimum atomic E-state index is 0.856. The molecule has 0 saturated carbocycles. The van der Waals surface area contributed by atoms with Crippen molar-refractivity contribution in [2.75, 3.05) is 0 Å². The standard InChI is InChI=1S/C96H58N4O2/c1-3-17-67(18-4-1)97-85-27-13-8-22-74(85)81-53-61(38-50-87(81)97)63-35-45-76-73-21-7-12-26-84(73)99(90(76)56-63)70-43-33-60(34-44-70)72-49-48-71(95-80-25-11-16-30-93(80)102-96(72)95)66-40-52-89-83(55-66)77-46-36-64(62-39-51-88-82(54-62)75-23-9-14-28-86(75)98(88)68-19-5-2-6-20-68)57-91(77)100(89)69-41-31-59(32-42-69)65-37-47-79-78-24-10-15-29-92(78)101-94(79)58-65/h1-58H. The Bertz CT molecular complexity index is 7220. The molecule has 0 amide bonds. The summed E-state index contributed by atoms with van der Waals surface area (Å²) in [4.78, 5) is 0. The SMILES string of the molecule is c1ccc(-n2c3ccccc3c3cc(-c4ccc5c6ccccc6n(-c6ccc(-c7ccc(-c8ccc9c(c8)c8ccc(-c%10ccc%11c(c%10)c%10ccccc%10n%11-c%10ccccc%10)cc8n9-c8ccc(-c9ccc%10c(c9)oc9ccccc9%10)cc8)c8c7oc7ccccc78)cc6)c5c4)ccc32)cc1. The first-order valence-corrected chi connectivity index (χ1v) is 34.9. The highest BCUT2D eigenvalue weighted by Gasteiger charge is 2.23. The van der Waals surface area contributed by atoms with Crippen LogP contribution in [-0.2, 0) is 0 Å². The Morgan fingerprint density at radius 1 is 0.167 bits per heavy atom. The first-order chi connectivity index (χ1) is 50.6. The first-order valence-electron chi connectivity index (χ1n) is 34.9. The Morgan fingerprint density at radius 2 is 0.500 bits per heavy atom. The second-order valence-electron chi connectivity index (χ2n) is 27.1. The number of para-hydroxylation sites is 7. The summed E-state index contributed by atoms with van der Waals surface area (Å²) < 4.78 is 23.1. The van der Waals surface area contributed by atoms with Crippen LogP contribution in [0.3, 0.4) is 0 Å². The van der Waals surface area contributed by atoms with E-state index in [0.717, 1.165) is 133 Å². The summed E-state index contributed by atoms with van der Waals surface area (Å²) in [5, 5.41) is 14.1. The number of nitrogens with zero attached hydrogens (tertiary/aromatic N) is 4. The van der Waals surface area contributed by atoms with Crippen molar-refractivity contribution in [3.05, 3.63) is 352 Å². The van der Waals surface area contributed by atoms with Gasteiger partial charge in [0.25, 0.3) is 0 Å². The van der Waals surface area contributed by atoms with E-state index in [1.54, 1.807) is 0 Å². The van der Waals surface area contributed by atoms with Gasteiger partial charge in [-0.05, 0) is 196 Å². The van der Waals surface area contributed by atoms with Gasteiger partial charge >= 0.3 is 0 Å². The Morgan fingerprint density at radius 3 is 1.05 bits per heavy atom. The molecule has 0 atom stereocenters. The molecular weight excluding hydrogens is 1240 g/mol. The van der Waals surface area contributed by atoms with Gasteiger partial charge in [-0.1, -0.05) is 206 Å². The lowest BCUT2D eigenvalue weighted by atomic mass is 9.93. The van der Waals surface area contributed by atoms with E-state index in [4.69, 9.17) is 8.83 Å². The number of fused-ring (bicyclic) bond motifs is 18. The molecule has 6 heteroatoms. The van der Waals surface area contributed by atoms with Crippen molar-refractivity contribution in [3.8, 4) is 78.4 Å². The van der Waals surface area contributed by atoms with Crippen molar-refractivity contribution in [2.24, 2.45) is 0 Å². The molecule has 0 bridgehead atoms. The molecule has 102 heavy (non-hydrogen) atoms. The van der Waals surface area contributed by atoms with Gasteiger partial charge in [-0.15, -0.1) is 0 Å². The number of furan rings is 2. The highest BCUT2D eigenvalue weighted by Crippen LogP contribution is 2.47. The molecule has 474 valence electrons. The van der Waals surface area contributed by atoms with Crippen molar-refractivity contribution >= 4 is 131 Å². The summed E-state index contributed by atoms with van der Waals surface area (Å²) in [6, 6.07) is 129. The van der Waals surface area contributed by atoms with Crippen molar-refractivity contribution in [2.45, 2.75) is 0 Å². The Hall–Kier alpha value is -13.7. The second kappa shape index (κ2) is 21.9. The molecule has 22 aromatic rings. The smallest absolute Gasteiger partial charge is 0.143 e. The van der Waals surface area contributed by atoms with E-state index >= 15 is 0 Å². The lowest BCUT2D eigenvalue weighted by molar-refractivity contribution is 0.669. The topological polar surface area (TPSA) is 46.0 Å². The fourth-order valence-electron chi connectivity index (χ4n) is 16.9. The van der Waals surface area contributed by atoms with Gasteiger partial charge in [0.05, 0.1) is 44.1 Å². The first kappa shape index (κ1) is 56.3.